The molecule has 2 heteroatoms. The SMILES string of the molecule is CC(C)c1cnn(CCC(C)C(C)C)c1. The Balaban J connectivity index is 2.44. The van der Waals surface area contributed by atoms with Gasteiger partial charge in [0.15, 0.2) is 0 Å². The molecule has 1 aromatic heterocycles. The van der Waals surface area contributed by atoms with E-state index in [1.165, 1.54) is 12.0 Å². The van der Waals surface area contributed by atoms with Gasteiger partial charge in [0.2, 0.25) is 0 Å². The summed E-state index contributed by atoms with van der Waals surface area (Å²) >= 11 is 0. The first-order valence-corrected chi connectivity index (χ1v) is 6.03. The summed E-state index contributed by atoms with van der Waals surface area (Å²) in [6, 6.07) is 0. The molecule has 1 rings (SSSR count). The van der Waals surface area contributed by atoms with Gasteiger partial charge in [0, 0.05) is 12.7 Å². The summed E-state index contributed by atoms with van der Waals surface area (Å²) in [5.41, 5.74) is 1.34. The maximum atomic E-state index is 4.39. The van der Waals surface area contributed by atoms with E-state index in [2.05, 4.69) is 50.6 Å². The van der Waals surface area contributed by atoms with Gasteiger partial charge in [-0.25, -0.2) is 0 Å². The topological polar surface area (TPSA) is 17.8 Å². The molecule has 0 bridgehead atoms. The zero-order valence-corrected chi connectivity index (χ0v) is 10.7. The Bertz CT molecular complexity index is 286. The highest BCUT2D eigenvalue weighted by Gasteiger charge is 2.08. The van der Waals surface area contributed by atoms with E-state index in [-0.39, 0.29) is 0 Å². The minimum absolute atomic E-state index is 0.585. The smallest absolute Gasteiger partial charge is 0.0524 e. The van der Waals surface area contributed by atoms with Crippen LogP contribution in [0.15, 0.2) is 12.4 Å². The van der Waals surface area contributed by atoms with E-state index in [9.17, 15) is 0 Å². The monoisotopic (exact) mass is 208 g/mol. The molecule has 0 spiro atoms. The summed E-state index contributed by atoms with van der Waals surface area (Å²) in [5, 5.41) is 4.39. The molecule has 0 saturated heterocycles. The van der Waals surface area contributed by atoms with Crippen LogP contribution in [0.4, 0.5) is 0 Å². The fraction of sp³-hybridized carbons (Fsp3) is 0.769. The quantitative estimate of drug-likeness (QED) is 0.721. The normalized spacial score (nSPS) is 13.8. The van der Waals surface area contributed by atoms with Crippen molar-refractivity contribution in [1.29, 1.82) is 0 Å². The molecule has 0 amide bonds. The Labute approximate surface area is 93.7 Å². The summed E-state index contributed by atoms with van der Waals surface area (Å²) < 4.78 is 2.08. The number of rotatable bonds is 5. The molecular formula is C13H24N2. The van der Waals surface area contributed by atoms with Crippen molar-refractivity contribution in [2.24, 2.45) is 11.8 Å². The van der Waals surface area contributed by atoms with Crippen LogP contribution in [-0.2, 0) is 6.54 Å². The van der Waals surface area contributed by atoms with Crippen LogP contribution < -0.4 is 0 Å². The van der Waals surface area contributed by atoms with Crippen LogP contribution in [0.25, 0.3) is 0 Å². The predicted molar refractivity (Wildman–Crippen MR) is 64.9 cm³/mol. The lowest BCUT2D eigenvalue weighted by Gasteiger charge is -2.14. The lowest BCUT2D eigenvalue weighted by molar-refractivity contribution is 0.361. The fourth-order valence-corrected chi connectivity index (χ4v) is 1.47. The molecule has 0 fully saturated rings. The van der Waals surface area contributed by atoms with Crippen LogP contribution in [0.2, 0.25) is 0 Å². The van der Waals surface area contributed by atoms with Gasteiger partial charge < -0.3 is 0 Å². The second-order valence-corrected chi connectivity index (χ2v) is 5.20. The Hall–Kier alpha value is -0.790. The summed E-state index contributed by atoms with van der Waals surface area (Å²) in [4.78, 5) is 0. The Morgan fingerprint density at radius 2 is 1.87 bits per heavy atom. The maximum Gasteiger partial charge on any atom is 0.0524 e. The Morgan fingerprint density at radius 1 is 1.20 bits per heavy atom. The average Bonchev–Trinajstić information content (AvgIpc) is 2.62. The van der Waals surface area contributed by atoms with Crippen molar-refractivity contribution in [2.45, 2.75) is 53.5 Å². The number of nitrogens with zero attached hydrogens (tertiary/aromatic N) is 2. The molecule has 0 radical (unpaired) electrons. The van der Waals surface area contributed by atoms with Crippen LogP contribution in [0.1, 0.15) is 52.5 Å². The standard InChI is InChI=1S/C13H24N2/c1-10(2)12(5)6-7-15-9-13(8-14-15)11(3)4/h8-12H,6-7H2,1-5H3. The third kappa shape index (κ3) is 3.69. The number of hydrogen-bond donors (Lipinski definition) is 0. The van der Waals surface area contributed by atoms with Crippen LogP contribution in [0, 0.1) is 11.8 Å². The first-order valence-electron chi connectivity index (χ1n) is 6.03. The highest BCUT2D eigenvalue weighted by atomic mass is 15.3. The van der Waals surface area contributed by atoms with Gasteiger partial charge in [-0.1, -0.05) is 34.6 Å². The lowest BCUT2D eigenvalue weighted by atomic mass is 9.95. The second kappa shape index (κ2) is 5.34. The van der Waals surface area contributed by atoms with Gasteiger partial charge in [0.25, 0.3) is 0 Å². The lowest BCUT2D eigenvalue weighted by Crippen LogP contribution is -2.09. The van der Waals surface area contributed by atoms with Crippen LogP contribution in [0.3, 0.4) is 0 Å². The Kier molecular flexibility index (Phi) is 4.37. The van der Waals surface area contributed by atoms with E-state index in [4.69, 9.17) is 0 Å². The van der Waals surface area contributed by atoms with Crippen LogP contribution in [0.5, 0.6) is 0 Å². The molecule has 2 nitrogen and oxygen atoms in total. The first kappa shape index (κ1) is 12.3. The van der Waals surface area contributed by atoms with Gasteiger partial charge >= 0.3 is 0 Å². The van der Waals surface area contributed by atoms with Crippen molar-refractivity contribution in [3.63, 3.8) is 0 Å². The molecule has 0 aromatic carbocycles. The molecule has 0 aliphatic heterocycles. The van der Waals surface area contributed by atoms with E-state index >= 15 is 0 Å². The predicted octanol–water partition coefficient (Wildman–Crippen LogP) is 3.69. The zero-order valence-electron chi connectivity index (χ0n) is 10.7. The van der Waals surface area contributed by atoms with Crippen molar-refractivity contribution in [1.82, 2.24) is 9.78 Å². The van der Waals surface area contributed by atoms with Crippen molar-refractivity contribution < 1.29 is 0 Å². The molecule has 1 unspecified atom stereocenters. The third-order valence-electron chi connectivity index (χ3n) is 3.27. The molecule has 1 heterocycles. The van der Waals surface area contributed by atoms with Crippen molar-refractivity contribution >= 4 is 0 Å². The summed E-state index contributed by atoms with van der Waals surface area (Å²) in [6.45, 7) is 12.3. The van der Waals surface area contributed by atoms with E-state index in [1.54, 1.807) is 0 Å². The molecule has 0 saturated carbocycles. The number of hydrogen-bond acceptors (Lipinski definition) is 1. The molecule has 1 atom stereocenters. The van der Waals surface area contributed by atoms with Gasteiger partial charge in [-0.15, -0.1) is 0 Å². The molecule has 15 heavy (non-hydrogen) atoms. The molecule has 86 valence electrons. The zero-order chi connectivity index (χ0) is 11.4. The fourth-order valence-electron chi connectivity index (χ4n) is 1.47. The highest BCUT2D eigenvalue weighted by molar-refractivity contribution is 5.08. The van der Waals surface area contributed by atoms with Crippen LogP contribution >= 0.6 is 0 Å². The molecular weight excluding hydrogens is 184 g/mol. The summed E-state index contributed by atoms with van der Waals surface area (Å²) in [5.74, 6) is 2.13. The van der Waals surface area contributed by atoms with Gasteiger partial charge in [0.05, 0.1) is 6.20 Å². The first-order chi connectivity index (χ1) is 7.00. The summed E-state index contributed by atoms with van der Waals surface area (Å²) in [6.07, 6.45) is 5.39. The number of aryl methyl sites for hydroxylation is 1. The van der Waals surface area contributed by atoms with Crippen molar-refractivity contribution in [3.05, 3.63) is 18.0 Å². The largest absolute Gasteiger partial charge is 0.272 e. The third-order valence-corrected chi connectivity index (χ3v) is 3.27. The minimum Gasteiger partial charge on any atom is -0.272 e. The highest BCUT2D eigenvalue weighted by Crippen LogP contribution is 2.16. The molecule has 0 aliphatic carbocycles. The maximum absolute atomic E-state index is 4.39. The average molecular weight is 208 g/mol. The Morgan fingerprint density at radius 3 is 2.33 bits per heavy atom. The number of aromatic nitrogens is 2. The second-order valence-electron chi connectivity index (χ2n) is 5.20. The summed E-state index contributed by atoms with van der Waals surface area (Å²) in [7, 11) is 0. The van der Waals surface area contributed by atoms with Gasteiger partial charge in [-0.2, -0.15) is 5.10 Å². The molecule has 1 aromatic rings. The van der Waals surface area contributed by atoms with E-state index in [1.807, 2.05) is 6.20 Å². The minimum atomic E-state index is 0.585. The molecule has 0 aliphatic rings. The van der Waals surface area contributed by atoms with Crippen molar-refractivity contribution in [3.8, 4) is 0 Å². The van der Waals surface area contributed by atoms with Gasteiger partial charge in [-0.05, 0) is 29.7 Å². The van der Waals surface area contributed by atoms with Crippen LogP contribution in [-0.4, -0.2) is 9.78 Å². The van der Waals surface area contributed by atoms with Gasteiger partial charge in [-0.3, -0.25) is 4.68 Å². The van der Waals surface area contributed by atoms with Crippen molar-refractivity contribution in [2.75, 3.05) is 0 Å². The van der Waals surface area contributed by atoms with E-state index in [0.29, 0.717) is 5.92 Å². The van der Waals surface area contributed by atoms with E-state index < -0.39 is 0 Å². The van der Waals surface area contributed by atoms with Gasteiger partial charge in [0.1, 0.15) is 0 Å². The van der Waals surface area contributed by atoms with E-state index in [0.717, 1.165) is 18.4 Å². The molecule has 0 N–H and O–H groups in total.